The summed E-state index contributed by atoms with van der Waals surface area (Å²) < 4.78 is 27.6. The molecule has 12 heteroatoms. The summed E-state index contributed by atoms with van der Waals surface area (Å²) in [4.78, 5) is 40.7. The largest absolute Gasteiger partial charge is 0.351 e. The third-order valence-corrected chi connectivity index (χ3v) is 9.87. The number of nitrogens with one attached hydrogen (secondary N) is 2. The first-order valence-corrected chi connectivity index (χ1v) is 14.7. The number of carbonyl (C=O) groups excluding carboxylic acids is 3. The fourth-order valence-corrected chi connectivity index (χ4v) is 7.53. The van der Waals surface area contributed by atoms with Crippen LogP contribution < -0.4 is 16.4 Å². The van der Waals surface area contributed by atoms with Crippen LogP contribution in [0.3, 0.4) is 0 Å². The number of carbonyl (C=O) groups is 3. The molecule has 0 unspecified atom stereocenters. The van der Waals surface area contributed by atoms with E-state index in [0.717, 1.165) is 42.7 Å². The van der Waals surface area contributed by atoms with Gasteiger partial charge in [0.05, 0.1) is 10.5 Å². The van der Waals surface area contributed by atoms with E-state index in [-0.39, 0.29) is 16.0 Å². The number of benzene rings is 1. The molecule has 2 aromatic rings. The molecule has 0 atom stereocenters. The zero-order valence-electron chi connectivity index (χ0n) is 21.1. The van der Waals surface area contributed by atoms with Gasteiger partial charge in [-0.05, 0) is 62.9 Å². The average Bonchev–Trinajstić information content (AvgIpc) is 3.00. The molecule has 200 valence electrons. The number of imide groups is 1. The molecule has 4 amide bonds. The normalized spacial score (nSPS) is 17.2. The van der Waals surface area contributed by atoms with E-state index in [1.165, 1.54) is 39.9 Å². The Labute approximate surface area is 221 Å². The quantitative estimate of drug-likeness (QED) is 0.507. The molecule has 0 bridgehead atoms. The Bertz CT molecular complexity index is 1280. The van der Waals surface area contributed by atoms with Crippen molar-refractivity contribution < 1.29 is 22.8 Å². The summed E-state index contributed by atoms with van der Waals surface area (Å²) in [6, 6.07) is 5.17. The molecule has 0 spiro atoms. The maximum Gasteiger partial charge on any atom is 0.319 e. The molecule has 10 nitrogen and oxygen atoms in total. The van der Waals surface area contributed by atoms with Crippen LogP contribution in [0.5, 0.6) is 0 Å². The Hall–Kier alpha value is -2.80. The Balaban J connectivity index is 1.57. The van der Waals surface area contributed by atoms with Crippen molar-refractivity contribution in [2.45, 2.75) is 63.4 Å². The number of anilines is 1. The fraction of sp³-hybridized carbons (Fsp3) is 0.480. The van der Waals surface area contributed by atoms with Gasteiger partial charge in [0.25, 0.3) is 11.8 Å². The minimum absolute atomic E-state index is 0.146. The molecule has 3 heterocycles. The average molecular weight is 548 g/mol. The fourth-order valence-electron chi connectivity index (χ4n) is 4.75. The van der Waals surface area contributed by atoms with Crippen LogP contribution in [-0.2, 0) is 23.0 Å². The third-order valence-electron chi connectivity index (χ3n) is 6.83. The van der Waals surface area contributed by atoms with Gasteiger partial charge in [0.1, 0.15) is 5.00 Å². The van der Waals surface area contributed by atoms with Crippen molar-refractivity contribution in [3.63, 3.8) is 0 Å². The van der Waals surface area contributed by atoms with Gasteiger partial charge >= 0.3 is 6.03 Å². The highest BCUT2D eigenvalue weighted by atomic mass is 32.2. The summed E-state index contributed by atoms with van der Waals surface area (Å²) in [6.07, 6.45) is 4.32. The molecule has 4 rings (SSSR count). The number of nitrogens with zero attached hydrogens (tertiary/aromatic N) is 2. The van der Waals surface area contributed by atoms with Crippen LogP contribution in [-0.4, -0.2) is 61.1 Å². The van der Waals surface area contributed by atoms with Crippen LogP contribution >= 0.6 is 11.3 Å². The summed E-state index contributed by atoms with van der Waals surface area (Å²) in [5.41, 5.74) is 6.48. The molecule has 0 radical (unpaired) electrons. The lowest BCUT2D eigenvalue weighted by atomic mass is 10.0. The van der Waals surface area contributed by atoms with Gasteiger partial charge in [-0.25, -0.2) is 13.2 Å². The van der Waals surface area contributed by atoms with Crippen molar-refractivity contribution in [1.29, 1.82) is 0 Å². The first-order chi connectivity index (χ1) is 17.6. The topological polar surface area (TPSA) is 142 Å². The van der Waals surface area contributed by atoms with E-state index in [0.29, 0.717) is 37.1 Å². The summed E-state index contributed by atoms with van der Waals surface area (Å²) in [6.45, 7) is 6.57. The second-order valence-corrected chi connectivity index (χ2v) is 12.7. The molecule has 2 aliphatic heterocycles. The van der Waals surface area contributed by atoms with Crippen LogP contribution in [0.4, 0.5) is 9.80 Å². The maximum absolute atomic E-state index is 13.1. The Morgan fingerprint density at radius 1 is 0.973 bits per heavy atom. The van der Waals surface area contributed by atoms with Crippen LogP contribution in [0.25, 0.3) is 0 Å². The number of nitrogens with two attached hydrogens (primary N) is 1. The van der Waals surface area contributed by atoms with Crippen LogP contribution in [0, 0.1) is 0 Å². The minimum Gasteiger partial charge on any atom is -0.351 e. The number of rotatable bonds is 6. The molecule has 2 aliphatic rings. The first-order valence-electron chi connectivity index (χ1n) is 12.5. The highest BCUT2D eigenvalue weighted by Gasteiger charge is 2.30. The van der Waals surface area contributed by atoms with E-state index in [1.54, 1.807) is 0 Å². The van der Waals surface area contributed by atoms with Gasteiger partial charge < -0.3 is 11.1 Å². The van der Waals surface area contributed by atoms with E-state index >= 15 is 0 Å². The van der Waals surface area contributed by atoms with E-state index in [2.05, 4.69) is 29.4 Å². The van der Waals surface area contributed by atoms with E-state index in [1.807, 2.05) is 0 Å². The maximum atomic E-state index is 13.1. The van der Waals surface area contributed by atoms with E-state index in [4.69, 9.17) is 5.73 Å². The summed E-state index contributed by atoms with van der Waals surface area (Å²) in [7, 11) is -3.63. The first kappa shape index (κ1) is 27.2. The van der Waals surface area contributed by atoms with Crippen molar-refractivity contribution in [2.24, 2.45) is 5.73 Å². The monoisotopic (exact) mass is 547 g/mol. The number of primary amides is 1. The Morgan fingerprint density at radius 2 is 1.62 bits per heavy atom. The zero-order chi connectivity index (χ0) is 26.7. The number of sulfonamides is 1. The van der Waals surface area contributed by atoms with Crippen molar-refractivity contribution in [3.05, 3.63) is 45.8 Å². The second-order valence-electron chi connectivity index (χ2n) is 9.64. The molecule has 1 saturated heterocycles. The highest BCUT2D eigenvalue weighted by molar-refractivity contribution is 7.89. The van der Waals surface area contributed by atoms with Crippen LogP contribution in [0.15, 0.2) is 29.2 Å². The van der Waals surface area contributed by atoms with Crippen molar-refractivity contribution in [2.75, 3.05) is 25.0 Å². The standard InChI is InChI=1S/C25H33N5O5S2/c1-16(2)29-14-11-19-20(15-29)36-24(21(19)23(32)28-25(26)33)27-22(31)17-7-9-18(10-8-17)37(34,35)30-12-5-3-4-6-13-30/h7-10,16H,3-6,11-15H2,1-2H3,(H,27,31)(H3,26,28,32,33). The predicted molar refractivity (Wildman–Crippen MR) is 142 cm³/mol. The molecular weight excluding hydrogens is 514 g/mol. The van der Waals surface area contributed by atoms with Crippen LogP contribution in [0.2, 0.25) is 0 Å². The number of fused-ring (bicyclic) bond motifs is 1. The number of urea groups is 1. The second kappa shape index (κ2) is 11.3. The number of amides is 4. The number of hydrogen-bond acceptors (Lipinski definition) is 7. The lowest BCUT2D eigenvalue weighted by molar-refractivity contribution is 0.0965. The van der Waals surface area contributed by atoms with Gasteiger partial charge in [-0.1, -0.05) is 12.8 Å². The van der Waals surface area contributed by atoms with Gasteiger partial charge in [0.15, 0.2) is 0 Å². The summed E-state index contributed by atoms with van der Waals surface area (Å²) >= 11 is 1.30. The molecule has 0 saturated carbocycles. The van der Waals surface area contributed by atoms with Crippen molar-refractivity contribution in [3.8, 4) is 0 Å². The Morgan fingerprint density at radius 3 is 2.22 bits per heavy atom. The van der Waals surface area contributed by atoms with Gasteiger partial charge in [0, 0.05) is 42.7 Å². The smallest absolute Gasteiger partial charge is 0.319 e. The molecular formula is C25H33N5O5S2. The molecule has 1 fully saturated rings. The molecule has 4 N–H and O–H groups in total. The van der Waals surface area contributed by atoms with Gasteiger partial charge in [-0.2, -0.15) is 4.31 Å². The van der Waals surface area contributed by atoms with Gasteiger partial charge in [0.2, 0.25) is 10.0 Å². The minimum atomic E-state index is -3.63. The molecule has 1 aromatic heterocycles. The summed E-state index contributed by atoms with van der Waals surface area (Å²) in [5, 5.41) is 5.25. The lowest BCUT2D eigenvalue weighted by Gasteiger charge is -2.30. The Kier molecular flexibility index (Phi) is 8.32. The number of thiophene rings is 1. The summed E-state index contributed by atoms with van der Waals surface area (Å²) in [5.74, 6) is -1.14. The van der Waals surface area contributed by atoms with E-state index in [9.17, 15) is 22.8 Å². The van der Waals surface area contributed by atoms with E-state index < -0.39 is 27.9 Å². The molecule has 0 aliphatic carbocycles. The van der Waals surface area contributed by atoms with Crippen LogP contribution in [0.1, 0.15) is 70.7 Å². The van der Waals surface area contributed by atoms with Gasteiger partial charge in [-0.3, -0.25) is 19.8 Å². The zero-order valence-corrected chi connectivity index (χ0v) is 22.7. The van der Waals surface area contributed by atoms with Crippen molar-refractivity contribution >= 4 is 44.2 Å². The lowest BCUT2D eigenvalue weighted by Crippen LogP contribution is -2.38. The number of hydrogen-bond donors (Lipinski definition) is 3. The van der Waals surface area contributed by atoms with Gasteiger partial charge in [-0.15, -0.1) is 11.3 Å². The molecule has 1 aromatic carbocycles. The third kappa shape index (κ3) is 6.03. The predicted octanol–water partition coefficient (Wildman–Crippen LogP) is 3.14. The highest BCUT2D eigenvalue weighted by Crippen LogP contribution is 2.38. The van der Waals surface area contributed by atoms with Crippen molar-refractivity contribution in [1.82, 2.24) is 14.5 Å². The SMILES string of the molecule is CC(C)N1CCc2c(sc(NC(=O)c3ccc(S(=O)(=O)N4CCCCCC4)cc3)c2C(=O)NC(N)=O)C1. The molecule has 37 heavy (non-hydrogen) atoms.